The molecule has 0 amide bonds. The fraction of sp³-hybridized carbons (Fsp3) is 0.733. The van der Waals surface area contributed by atoms with Gasteiger partial charge in [0.25, 0.3) is 0 Å². The maximum atomic E-state index is 5.39. The van der Waals surface area contributed by atoms with Crippen molar-refractivity contribution in [2.75, 3.05) is 6.54 Å². The topological polar surface area (TPSA) is 25.2 Å². The summed E-state index contributed by atoms with van der Waals surface area (Å²) in [6.07, 6.45) is 8.75. The molecule has 2 saturated carbocycles. The molecule has 4 atom stereocenters. The Balaban J connectivity index is 1.42. The lowest BCUT2D eigenvalue weighted by Crippen LogP contribution is -2.34. The molecule has 1 N–H and O–H groups in total. The van der Waals surface area contributed by atoms with Crippen LogP contribution in [0.2, 0.25) is 0 Å². The van der Waals surface area contributed by atoms with Crippen molar-refractivity contribution in [2.45, 2.75) is 45.1 Å². The van der Waals surface area contributed by atoms with Gasteiger partial charge < -0.3 is 9.73 Å². The van der Waals surface area contributed by atoms with Crippen LogP contribution in [0, 0.1) is 17.8 Å². The van der Waals surface area contributed by atoms with Gasteiger partial charge in [0, 0.05) is 12.5 Å². The van der Waals surface area contributed by atoms with Crippen LogP contribution in [0.1, 0.15) is 38.4 Å². The minimum absolute atomic E-state index is 0.528. The molecule has 2 aliphatic carbocycles. The van der Waals surface area contributed by atoms with Gasteiger partial charge in [-0.2, -0.15) is 0 Å². The van der Waals surface area contributed by atoms with E-state index in [2.05, 4.69) is 18.3 Å². The highest BCUT2D eigenvalue weighted by atomic mass is 16.3. The molecular formula is C15H23NO. The summed E-state index contributed by atoms with van der Waals surface area (Å²) in [6.45, 7) is 3.47. The fourth-order valence-electron chi connectivity index (χ4n) is 3.78. The van der Waals surface area contributed by atoms with E-state index in [4.69, 9.17) is 4.42 Å². The predicted octanol–water partition coefficient (Wildman–Crippen LogP) is 3.24. The molecule has 2 fully saturated rings. The molecule has 3 rings (SSSR count). The van der Waals surface area contributed by atoms with Crippen molar-refractivity contribution >= 4 is 0 Å². The summed E-state index contributed by atoms with van der Waals surface area (Å²) >= 11 is 0. The molecule has 1 aromatic rings. The minimum Gasteiger partial charge on any atom is -0.469 e. The van der Waals surface area contributed by atoms with Crippen molar-refractivity contribution in [2.24, 2.45) is 17.8 Å². The van der Waals surface area contributed by atoms with E-state index >= 15 is 0 Å². The highest BCUT2D eigenvalue weighted by Crippen LogP contribution is 2.47. The van der Waals surface area contributed by atoms with Crippen LogP contribution in [0.3, 0.4) is 0 Å². The van der Waals surface area contributed by atoms with E-state index in [9.17, 15) is 0 Å². The summed E-state index contributed by atoms with van der Waals surface area (Å²) < 4.78 is 5.39. The van der Waals surface area contributed by atoms with Crippen LogP contribution < -0.4 is 5.32 Å². The van der Waals surface area contributed by atoms with E-state index in [1.165, 1.54) is 32.2 Å². The first-order valence-corrected chi connectivity index (χ1v) is 7.07. The SMILES string of the molecule is CC(Cc1ccco1)NCC1CC2CCC1C2. The number of nitrogens with one attached hydrogen (secondary N) is 1. The molecule has 94 valence electrons. The molecule has 2 aliphatic rings. The molecule has 0 radical (unpaired) electrons. The summed E-state index contributed by atoms with van der Waals surface area (Å²) in [4.78, 5) is 0. The largest absolute Gasteiger partial charge is 0.469 e. The van der Waals surface area contributed by atoms with Gasteiger partial charge in [0.2, 0.25) is 0 Å². The van der Waals surface area contributed by atoms with E-state index in [1.54, 1.807) is 6.26 Å². The molecule has 2 heteroatoms. The fourth-order valence-corrected chi connectivity index (χ4v) is 3.78. The third-order valence-electron chi connectivity index (χ3n) is 4.70. The normalized spacial score (nSPS) is 33.1. The average molecular weight is 233 g/mol. The highest BCUT2D eigenvalue weighted by molar-refractivity contribution is 5.00. The maximum Gasteiger partial charge on any atom is 0.105 e. The van der Waals surface area contributed by atoms with Crippen molar-refractivity contribution in [3.63, 3.8) is 0 Å². The van der Waals surface area contributed by atoms with Gasteiger partial charge in [-0.25, -0.2) is 0 Å². The summed E-state index contributed by atoms with van der Waals surface area (Å²) in [7, 11) is 0. The Hall–Kier alpha value is -0.760. The monoisotopic (exact) mass is 233 g/mol. The van der Waals surface area contributed by atoms with Crippen LogP contribution in [-0.2, 0) is 6.42 Å². The second kappa shape index (κ2) is 4.85. The average Bonchev–Trinajstić information content (AvgIpc) is 3.02. The van der Waals surface area contributed by atoms with Gasteiger partial charge in [-0.05, 0) is 62.6 Å². The van der Waals surface area contributed by atoms with Gasteiger partial charge in [0.1, 0.15) is 5.76 Å². The minimum atomic E-state index is 0.528. The van der Waals surface area contributed by atoms with Gasteiger partial charge in [-0.3, -0.25) is 0 Å². The molecule has 2 nitrogen and oxygen atoms in total. The van der Waals surface area contributed by atoms with Crippen molar-refractivity contribution < 1.29 is 4.42 Å². The first-order valence-electron chi connectivity index (χ1n) is 7.07. The second-order valence-electron chi connectivity index (χ2n) is 6.03. The zero-order valence-corrected chi connectivity index (χ0v) is 10.7. The lowest BCUT2D eigenvalue weighted by atomic mass is 9.88. The molecule has 0 spiro atoms. The van der Waals surface area contributed by atoms with Gasteiger partial charge in [0.05, 0.1) is 6.26 Å². The standard InChI is InChI=1S/C15H23NO/c1-11(7-15-3-2-6-17-15)16-10-14-9-12-4-5-13(14)8-12/h2-3,6,11-14,16H,4-5,7-10H2,1H3. The second-order valence-corrected chi connectivity index (χ2v) is 6.03. The van der Waals surface area contributed by atoms with Crippen molar-refractivity contribution in [1.29, 1.82) is 0 Å². The van der Waals surface area contributed by atoms with Gasteiger partial charge in [0.15, 0.2) is 0 Å². The number of rotatable bonds is 5. The molecular weight excluding hydrogens is 210 g/mol. The molecule has 1 heterocycles. The number of furan rings is 1. The highest BCUT2D eigenvalue weighted by Gasteiger charge is 2.39. The maximum absolute atomic E-state index is 5.39. The predicted molar refractivity (Wildman–Crippen MR) is 68.8 cm³/mol. The Kier molecular flexibility index (Phi) is 3.24. The first kappa shape index (κ1) is 11.3. The molecule has 1 aromatic heterocycles. The van der Waals surface area contributed by atoms with E-state index in [1.807, 2.05) is 6.07 Å². The summed E-state index contributed by atoms with van der Waals surface area (Å²) in [5, 5.41) is 3.69. The molecule has 2 bridgehead atoms. The quantitative estimate of drug-likeness (QED) is 0.844. The van der Waals surface area contributed by atoms with Crippen LogP contribution in [0.25, 0.3) is 0 Å². The zero-order chi connectivity index (χ0) is 11.7. The molecule has 0 saturated heterocycles. The first-order chi connectivity index (χ1) is 8.31. The molecule has 0 aliphatic heterocycles. The van der Waals surface area contributed by atoms with Crippen LogP contribution in [-0.4, -0.2) is 12.6 Å². The van der Waals surface area contributed by atoms with E-state index in [0.717, 1.165) is 29.9 Å². The molecule has 4 unspecified atom stereocenters. The zero-order valence-electron chi connectivity index (χ0n) is 10.7. The van der Waals surface area contributed by atoms with Crippen LogP contribution in [0.5, 0.6) is 0 Å². The van der Waals surface area contributed by atoms with Crippen LogP contribution in [0.15, 0.2) is 22.8 Å². The van der Waals surface area contributed by atoms with E-state index in [0.29, 0.717) is 6.04 Å². The molecule has 0 aromatic carbocycles. The van der Waals surface area contributed by atoms with Gasteiger partial charge in [-0.15, -0.1) is 0 Å². The third kappa shape index (κ3) is 2.57. The van der Waals surface area contributed by atoms with Crippen molar-refractivity contribution in [1.82, 2.24) is 5.32 Å². The number of fused-ring (bicyclic) bond motifs is 2. The van der Waals surface area contributed by atoms with Crippen LogP contribution in [0.4, 0.5) is 0 Å². The van der Waals surface area contributed by atoms with Gasteiger partial charge in [-0.1, -0.05) is 6.42 Å². The lowest BCUT2D eigenvalue weighted by Gasteiger charge is -2.24. The Morgan fingerprint density at radius 1 is 1.41 bits per heavy atom. The lowest BCUT2D eigenvalue weighted by molar-refractivity contribution is 0.305. The number of hydrogen-bond donors (Lipinski definition) is 1. The van der Waals surface area contributed by atoms with Gasteiger partial charge >= 0.3 is 0 Å². The van der Waals surface area contributed by atoms with Crippen molar-refractivity contribution in [3.05, 3.63) is 24.2 Å². The number of hydrogen-bond acceptors (Lipinski definition) is 2. The summed E-state index contributed by atoms with van der Waals surface area (Å²) in [5.41, 5.74) is 0. The Bertz CT molecular complexity index is 346. The Morgan fingerprint density at radius 3 is 3.00 bits per heavy atom. The van der Waals surface area contributed by atoms with Crippen LogP contribution >= 0.6 is 0 Å². The summed E-state index contributed by atoms with van der Waals surface area (Å²) in [5.74, 6) is 4.14. The van der Waals surface area contributed by atoms with Crippen molar-refractivity contribution in [3.8, 4) is 0 Å². The van der Waals surface area contributed by atoms with E-state index < -0.39 is 0 Å². The molecule has 17 heavy (non-hydrogen) atoms. The Labute approximate surface area is 104 Å². The smallest absolute Gasteiger partial charge is 0.105 e. The Morgan fingerprint density at radius 2 is 2.35 bits per heavy atom. The van der Waals surface area contributed by atoms with E-state index in [-0.39, 0.29) is 0 Å². The third-order valence-corrected chi connectivity index (χ3v) is 4.70. The summed E-state index contributed by atoms with van der Waals surface area (Å²) in [6, 6.07) is 4.56.